The third-order valence-electron chi connectivity index (χ3n) is 3.05. The third kappa shape index (κ3) is 4.64. The van der Waals surface area contributed by atoms with E-state index in [9.17, 15) is 0 Å². The summed E-state index contributed by atoms with van der Waals surface area (Å²) in [6.07, 6.45) is 5.02. The summed E-state index contributed by atoms with van der Waals surface area (Å²) in [5.41, 5.74) is 4.70. The molecule has 2 heterocycles. The minimum atomic E-state index is 0.525. The van der Waals surface area contributed by atoms with Crippen LogP contribution in [0.25, 0.3) is 0 Å². The van der Waals surface area contributed by atoms with Gasteiger partial charge in [0.25, 0.3) is 0 Å². The van der Waals surface area contributed by atoms with Crippen molar-refractivity contribution in [2.75, 3.05) is 5.43 Å². The maximum absolute atomic E-state index is 5.69. The van der Waals surface area contributed by atoms with Crippen molar-refractivity contribution in [1.82, 2.24) is 9.97 Å². The van der Waals surface area contributed by atoms with Crippen molar-refractivity contribution in [1.29, 1.82) is 0 Å². The van der Waals surface area contributed by atoms with Crippen molar-refractivity contribution >= 4 is 12.0 Å². The number of anilines is 1. The summed E-state index contributed by atoms with van der Waals surface area (Å²) in [5.74, 6) is 1.41. The molecule has 23 heavy (non-hydrogen) atoms. The lowest BCUT2D eigenvalue weighted by molar-refractivity contribution is 0.305. The lowest BCUT2D eigenvalue weighted by Gasteiger charge is -2.05. The van der Waals surface area contributed by atoms with Crippen molar-refractivity contribution in [3.8, 4) is 5.75 Å². The monoisotopic (exact) mass is 304 g/mol. The van der Waals surface area contributed by atoms with Gasteiger partial charge in [-0.2, -0.15) is 5.10 Å². The molecule has 0 bridgehead atoms. The Kier molecular flexibility index (Phi) is 4.93. The second-order valence-corrected chi connectivity index (χ2v) is 4.78. The molecule has 0 fully saturated rings. The summed E-state index contributed by atoms with van der Waals surface area (Å²) in [4.78, 5) is 8.40. The van der Waals surface area contributed by atoms with Crippen LogP contribution in [-0.4, -0.2) is 16.2 Å². The van der Waals surface area contributed by atoms with Gasteiger partial charge in [0.05, 0.1) is 18.1 Å². The molecule has 0 aliphatic carbocycles. The number of hydrogen-bond donors (Lipinski definition) is 1. The number of hydrogen-bond acceptors (Lipinski definition) is 5. The first kappa shape index (κ1) is 14.7. The molecule has 0 aliphatic rings. The average Bonchev–Trinajstić information content (AvgIpc) is 2.63. The minimum Gasteiger partial charge on any atom is -0.487 e. The van der Waals surface area contributed by atoms with Crippen LogP contribution in [0.1, 0.15) is 11.3 Å². The highest BCUT2D eigenvalue weighted by atomic mass is 16.5. The molecule has 0 spiro atoms. The van der Waals surface area contributed by atoms with E-state index >= 15 is 0 Å². The highest BCUT2D eigenvalue weighted by Gasteiger charge is 1.97. The van der Waals surface area contributed by atoms with Crippen LogP contribution in [0.3, 0.4) is 0 Å². The molecule has 5 nitrogen and oxygen atoms in total. The van der Waals surface area contributed by atoms with Crippen LogP contribution < -0.4 is 10.2 Å². The van der Waals surface area contributed by atoms with Crippen molar-refractivity contribution in [3.05, 3.63) is 84.3 Å². The van der Waals surface area contributed by atoms with Gasteiger partial charge in [0.2, 0.25) is 0 Å². The van der Waals surface area contributed by atoms with Gasteiger partial charge in [-0.1, -0.05) is 36.4 Å². The number of ether oxygens (including phenoxy) is 1. The van der Waals surface area contributed by atoms with E-state index in [1.807, 2.05) is 60.7 Å². The predicted octanol–water partition coefficient (Wildman–Crippen LogP) is 3.50. The molecular formula is C18H16N4O. The van der Waals surface area contributed by atoms with Gasteiger partial charge in [-0.3, -0.25) is 10.4 Å². The number of pyridine rings is 2. The topological polar surface area (TPSA) is 59.4 Å². The summed E-state index contributed by atoms with van der Waals surface area (Å²) in [5, 5.41) is 4.09. The van der Waals surface area contributed by atoms with E-state index in [1.165, 1.54) is 0 Å². The predicted molar refractivity (Wildman–Crippen MR) is 90.5 cm³/mol. The van der Waals surface area contributed by atoms with Crippen LogP contribution in [0.4, 0.5) is 5.82 Å². The number of nitrogens with one attached hydrogen (secondary N) is 1. The molecule has 3 aromatic rings. The van der Waals surface area contributed by atoms with Gasteiger partial charge in [0, 0.05) is 6.20 Å². The van der Waals surface area contributed by atoms with Gasteiger partial charge in [-0.05, 0) is 29.8 Å². The lowest BCUT2D eigenvalue weighted by atomic mass is 10.2. The van der Waals surface area contributed by atoms with Crippen LogP contribution >= 0.6 is 0 Å². The molecule has 0 amide bonds. The highest BCUT2D eigenvalue weighted by Crippen LogP contribution is 2.11. The quantitative estimate of drug-likeness (QED) is 0.559. The molecule has 1 aromatic carbocycles. The SMILES string of the molecule is C(=N\Nc1ccccn1)/c1ccc(OCc2ccccc2)cn1. The lowest BCUT2D eigenvalue weighted by Crippen LogP contribution is -1.97. The molecular weight excluding hydrogens is 288 g/mol. The average molecular weight is 304 g/mol. The van der Waals surface area contributed by atoms with E-state index in [-0.39, 0.29) is 0 Å². The van der Waals surface area contributed by atoms with Gasteiger partial charge in [-0.25, -0.2) is 4.98 Å². The zero-order chi connectivity index (χ0) is 15.7. The Morgan fingerprint density at radius 1 is 0.957 bits per heavy atom. The summed E-state index contributed by atoms with van der Waals surface area (Å²) >= 11 is 0. The zero-order valence-electron chi connectivity index (χ0n) is 12.5. The van der Waals surface area contributed by atoms with Crippen LogP contribution in [0.5, 0.6) is 5.75 Å². The van der Waals surface area contributed by atoms with Crippen LogP contribution in [0.2, 0.25) is 0 Å². The van der Waals surface area contributed by atoms with E-state index in [4.69, 9.17) is 4.74 Å². The third-order valence-corrected chi connectivity index (χ3v) is 3.05. The van der Waals surface area contributed by atoms with Crippen molar-refractivity contribution < 1.29 is 4.74 Å². The van der Waals surface area contributed by atoms with Crippen molar-refractivity contribution in [2.24, 2.45) is 5.10 Å². The van der Waals surface area contributed by atoms with Gasteiger partial charge in [-0.15, -0.1) is 0 Å². The molecule has 0 aliphatic heterocycles. The fourth-order valence-corrected chi connectivity index (χ4v) is 1.89. The fraction of sp³-hybridized carbons (Fsp3) is 0.0556. The molecule has 1 N–H and O–H groups in total. The molecule has 0 unspecified atom stereocenters. The van der Waals surface area contributed by atoms with Gasteiger partial charge in [0.1, 0.15) is 18.2 Å². The Labute approximate surface area is 134 Å². The van der Waals surface area contributed by atoms with Crippen molar-refractivity contribution in [3.63, 3.8) is 0 Å². The number of benzene rings is 1. The van der Waals surface area contributed by atoms with Crippen LogP contribution in [0, 0.1) is 0 Å². The smallest absolute Gasteiger partial charge is 0.146 e. The van der Waals surface area contributed by atoms with E-state index in [1.54, 1.807) is 18.6 Å². The van der Waals surface area contributed by atoms with E-state index in [2.05, 4.69) is 20.5 Å². The Balaban J connectivity index is 1.52. The fourth-order valence-electron chi connectivity index (χ4n) is 1.89. The van der Waals surface area contributed by atoms with Crippen LogP contribution in [-0.2, 0) is 6.61 Å². The first-order chi connectivity index (χ1) is 11.4. The normalized spacial score (nSPS) is 10.6. The molecule has 0 atom stereocenters. The zero-order valence-corrected chi connectivity index (χ0v) is 12.5. The van der Waals surface area contributed by atoms with E-state index in [0.29, 0.717) is 12.4 Å². The first-order valence-electron chi connectivity index (χ1n) is 7.23. The number of rotatable bonds is 6. The molecule has 0 saturated heterocycles. The van der Waals surface area contributed by atoms with Crippen molar-refractivity contribution in [2.45, 2.75) is 6.61 Å². The Morgan fingerprint density at radius 2 is 1.83 bits per heavy atom. The molecule has 2 aromatic heterocycles. The number of aromatic nitrogens is 2. The standard InChI is InChI=1S/C18H16N4O/c1-2-6-15(7-3-1)14-23-17-10-9-16(20-13-17)12-21-22-18-8-4-5-11-19-18/h1-13H,14H2,(H,19,22)/b21-12+. The number of hydrazone groups is 1. The Hall–Kier alpha value is -3.21. The first-order valence-corrected chi connectivity index (χ1v) is 7.23. The molecule has 0 saturated carbocycles. The summed E-state index contributed by atoms with van der Waals surface area (Å²) in [6.45, 7) is 0.525. The summed E-state index contributed by atoms with van der Waals surface area (Å²) < 4.78 is 5.69. The molecule has 5 heteroatoms. The Morgan fingerprint density at radius 3 is 2.57 bits per heavy atom. The molecule has 0 radical (unpaired) electrons. The molecule has 3 rings (SSSR count). The molecule has 114 valence electrons. The number of nitrogens with zero attached hydrogens (tertiary/aromatic N) is 3. The maximum Gasteiger partial charge on any atom is 0.146 e. The maximum atomic E-state index is 5.69. The van der Waals surface area contributed by atoms with E-state index < -0.39 is 0 Å². The second kappa shape index (κ2) is 7.70. The minimum absolute atomic E-state index is 0.525. The van der Waals surface area contributed by atoms with Gasteiger partial charge < -0.3 is 4.74 Å². The van der Waals surface area contributed by atoms with Gasteiger partial charge in [0.15, 0.2) is 0 Å². The summed E-state index contributed by atoms with van der Waals surface area (Å²) in [7, 11) is 0. The van der Waals surface area contributed by atoms with E-state index in [0.717, 1.165) is 17.0 Å². The largest absolute Gasteiger partial charge is 0.487 e. The second-order valence-electron chi connectivity index (χ2n) is 4.78. The van der Waals surface area contributed by atoms with Gasteiger partial charge >= 0.3 is 0 Å². The Bertz CT molecular complexity index is 743. The highest BCUT2D eigenvalue weighted by molar-refractivity contribution is 5.77. The van der Waals surface area contributed by atoms with Crippen LogP contribution in [0.15, 0.2) is 78.2 Å². The summed E-state index contributed by atoms with van der Waals surface area (Å²) in [6, 6.07) is 19.3.